The van der Waals surface area contributed by atoms with Crippen molar-refractivity contribution in [3.63, 3.8) is 0 Å². The molecule has 2 aliphatic heterocycles. The molecule has 2 unspecified atom stereocenters. The summed E-state index contributed by atoms with van der Waals surface area (Å²) in [6.07, 6.45) is 4.63. The van der Waals surface area contributed by atoms with Crippen LogP contribution in [0.2, 0.25) is 0 Å². The molecular weight excluding hydrogens is 336 g/mol. The van der Waals surface area contributed by atoms with Gasteiger partial charge in [0.15, 0.2) is 6.61 Å². The molecule has 4 nitrogen and oxygen atoms in total. The lowest BCUT2D eigenvalue weighted by Crippen LogP contribution is -2.49. The fourth-order valence-corrected chi connectivity index (χ4v) is 4.00. The van der Waals surface area contributed by atoms with Crippen LogP contribution in [0.15, 0.2) is 24.3 Å². The van der Waals surface area contributed by atoms with Gasteiger partial charge in [-0.05, 0) is 42.7 Å². The Bertz CT molecular complexity index is 588. The van der Waals surface area contributed by atoms with Crippen LogP contribution in [0, 0.1) is 0 Å². The van der Waals surface area contributed by atoms with E-state index in [1.54, 1.807) is 0 Å². The van der Waals surface area contributed by atoms with Crippen molar-refractivity contribution in [3.05, 3.63) is 29.8 Å². The van der Waals surface area contributed by atoms with Crippen LogP contribution >= 0.6 is 12.4 Å². The molecule has 0 aromatic heterocycles. The van der Waals surface area contributed by atoms with E-state index in [1.165, 1.54) is 12.8 Å². The number of carbonyl (C=O) groups excluding carboxylic acids is 1. The molecule has 25 heavy (non-hydrogen) atoms. The molecular formula is C20H31ClN2O2. The Morgan fingerprint density at radius 1 is 1.20 bits per heavy atom. The number of para-hydroxylation sites is 1. The van der Waals surface area contributed by atoms with E-state index in [2.05, 4.69) is 32.2 Å². The van der Waals surface area contributed by atoms with Gasteiger partial charge < -0.3 is 15.0 Å². The summed E-state index contributed by atoms with van der Waals surface area (Å²) in [6.45, 7) is 6.60. The molecule has 0 saturated carbocycles. The maximum Gasteiger partial charge on any atom is 0.260 e. The van der Waals surface area contributed by atoms with Gasteiger partial charge in [0.05, 0.1) is 0 Å². The fourth-order valence-electron chi connectivity index (χ4n) is 4.00. The van der Waals surface area contributed by atoms with Gasteiger partial charge in [-0.15, -0.1) is 12.4 Å². The normalized spacial score (nSPS) is 25.2. The maximum atomic E-state index is 12.6. The van der Waals surface area contributed by atoms with Gasteiger partial charge in [0.25, 0.3) is 5.91 Å². The number of halogens is 1. The lowest BCUT2D eigenvalue weighted by molar-refractivity contribution is -0.134. The quantitative estimate of drug-likeness (QED) is 0.886. The average molecular weight is 367 g/mol. The summed E-state index contributed by atoms with van der Waals surface area (Å²) in [5.41, 5.74) is 1.14. The Kier molecular flexibility index (Phi) is 6.39. The van der Waals surface area contributed by atoms with Crippen molar-refractivity contribution in [2.75, 3.05) is 13.7 Å². The van der Waals surface area contributed by atoms with Gasteiger partial charge in [0.1, 0.15) is 5.75 Å². The molecule has 140 valence electrons. The van der Waals surface area contributed by atoms with Gasteiger partial charge in [-0.3, -0.25) is 4.79 Å². The van der Waals surface area contributed by atoms with Crippen molar-refractivity contribution in [2.24, 2.45) is 0 Å². The zero-order chi connectivity index (χ0) is 17.3. The van der Waals surface area contributed by atoms with Crippen molar-refractivity contribution in [3.8, 4) is 5.75 Å². The summed E-state index contributed by atoms with van der Waals surface area (Å²) in [5, 5.41) is 3.63. The fraction of sp³-hybridized carbons (Fsp3) is 0.650. The number of likely N-dealkylation sites (N-methyl/N-ethyl adjacent to an activating group) is 1. The number of hydrogen-bond donors (Lipinski definition) is 1. The van der Waals surface area contributed by atoms with Crippen molar-refractivity contribution < 1.29 is 9.53 Å². The predicted octanol–water partition coefficient (Wildman–Crippen LogP) is 3.53. The zero-order valence-corrected chi connectivity index (χ0v) is 16.6. The number of rotatable bonds is 4. The van der Waals surface area contributed by atoms with Crippen molar-refractivity contribution in [1.29, 1.82) is 0 Å². The van der Waals surface area contributed by atoms with E-state index in [4.69, 9.17) is 4.74 Å². The van der Waals surface area contributed by atoms with Crippen LogP contribution in [0.4, 0.5) is 0 Å². The predicted molar refractivity (Wildman–Crippen MR) is 104 cm³/mol. The lowest BCUT2D eigenvalue weighted by atomic mass is 9.86. The Balaban J connectivity index is 0.00000225. The van der Waals surface area contributed by atoms with Gasteiger partial charge in [0.2, 0.25) is 0 Å². The minimum absolute atomic E-state index is 0. The first-order valence-electron chi connectivity index (χ1n) is 9.08. The molecule has 3 rings (SSSR count). The van der Waals surface area contributed by atoms with Crippen LogP contribution in [0.1, 0.15) is 52.0 Å². The third-order valence-corrected chi connectivity index (χ3v) is 5.44. The number of hydrogen-bond acceptors (Lipinski definition) is 3. The van der Waals surface area contributed by atoms with E-state index >= 15 is 0 Å². The highest BCUT2D eigenvalue weighted by atomic mass is 35.5. The summed E-state index contributed by atoms with van der Waals surface area (Å²) in [5.74, 6) is 0.891. The summed E-state index contributed by atoms with van der Waals surface area (Å²) >= 11 is 0. The number of nitrogens with one attached hydrogen (secondary N) is 1. The van der Waals surface area contributed by atoms with Crippen LogP contribution in [0.3, 0.4) is 0 Å². The van der Waals surface area contributed by atoms with Gasteiger partial charge in [0, 0.05) is 25.2 Å². The second kappa shape index (κ2) is 7.96. The number of piperidine rings is 1. The van der Waals surface area contributed by atoms with Crippen LogP contribution in [-0.2, 0) is 10.2 Å². The lowest BCUT2D eigenvalue weighted by Gasteiger charge is -2.35. The number of ether oxygens (including phenoxy) is 1. The molecule has 1 aromatic rings. The van der Waals surface area contributed by atoms with Crippen molar-refractivity contribution >= 4 is 18.3 Å². The van der Waals surface area contributed by atoms with Crippen molar-refractivity contribution in [2.45, 2.75) is 70.0 Å². The topological polar surface area (TPSA) is 41.6 Å². The number of fused-ring (bicyclic) bond motifs is 2. The maximum absolute atomic E-state index is 12.6. The number of carbonyl (C=O) groups is 1. The van der Waals surface area contributed by atoms with Gasteiger partial charge in [-0.2, -0.15) is 0 Å². The highest BCUT2D eigenvalue weighted by molar-refractivity contribution is 5.85. The van der Waals surface area contributed by atoms with Gasteiger partial charge in [-0.25, -0.2) is 0 Å². The Morgan fingerprint density at radius 3 is 2.40 bits per heavy atom. The van der Waals surface area contributed by atoms with Crippen LogP contribution in [0.5, 0.6) is 5.75 Å². The SMILES string of the molecule is CN(C(=O)COc1ccccc1C(C)(C)C)C1CC2CCC(C1)N2.Cl. The molecule has 1 amide bonds. The molecule has 2 saturated heterocycles. The average Bonchev–Trinajstić information content (AvgIpc) is 2.89. The second-order valence-electron chi connectivity index (χ2n) is 8.30. The number of nitrogens with zero attached hydrogens (tertiary/aromatic N) is 1. The Labute approximate surface area is 157 Å². The molecule has 5 heteroatoms. The van der Waals surface area contributed by atoms with Crippen LogP contribution < -0.4 is 10.1 Å². The molecule has 2 atom stereocenters. The number of amides is 1. The molecule has 1 aromatic carbocycles. The number of benzene rings is 1. The van der Waals surface area contributed by atoms with E-state index < -0.39 is 0 Å². The smallest absolute Gasteiger partial charge is 0.260 e. The third kappa shape index (κ3) is 4.68. The highest BCUT2D eigenvalue weighted by Gasteiger charge is 2.36. The standard InChI is InChI=1S/C20H30N2O2.ClH/c1-20(2,3)17-7-5-6-8-18(17)24-13-19(23)22(4)16-11-14-9-10-15(12-16)21-14;/h5-8,14-16,21H,9-13H2,1-4H3;1H. The highest BCUT2D eigenvalue weighted by Crippen LogP contribution is 2.31. The van der Waals surface area contributed by atoms with Crippen molar-refractivity contribution in [1.82, 2.24) is 10.2 Å². The van der Waals surface area contributed by atoms with E-state index in [0.717, 1.165) is 24.2 Å². The molecule has 2 aliphatic rings. The molecule has 0 spiro atoms. The van der Waals surface area contributed by atoms with Crippen LogP contribution in [-0.4, -0.2) is 42.6 Å². The first-order valence-corrected chi connectivity index (χ1v) is 9.08. The van der Waals surface area contributed by atoms with E-state index in [9.17, 15) is 4.79 Å². The Hall–Kier alpha value is -1.26. The molecule has 2 heterocycles. The van der Waals surface area contributed by atoms with Gasteiger partial charge >= 0.3 is 0 Å². The largest absolute Gasteiger partial charge is 0.483 e. The summed E-state index contributed by atoms with van der Waals surface area (Å²) in [4.78, 5) is 14.5. The molecule has 0 radical (unpaired) electrons. The summed E-state index contributed by atoms with van der Waals surface area (Å²) in [6, 6.07) is 9.54. The first kappa shape index (κ1) is 20.1. The minimum atomic E-state index is -0.000222. The van der Waals surface area contributed by atoms with E-state index in [1.807, 2.05) is 30.1 Å². The van der Waals surface area contributed by atoms with E-state index in [0.29, 0.717) is 18.1 Å². The molecule has 0 aliphatic carbocycles. The third-order valence-electron chi connectivity index (χ3n) is 5.44. The molecule has 1 N–H and O–H groups in total. The Morgan fingerprint density at radius 2 is 1.80 bits per heavy atom. The van der Waals surface area contributed by atoms with E-state index in [-0.39, 0.29) is 30.3 Å². The zero-order valence-electron chi connectivity index (χ0n) is 15.7. The summed E-state index contributed by atoms with van der Waals surface area (Å²) < 4.78 is 5.90. The first-order chi connectivity index (χ1) is 11.3. The minimum Gasteiger partial charge on any atom is -0.483 e. The molecule has 2 fully saturated rings. The molecule has 2 bridgehead atoms. The van der Waals surface area contributed by atoms with Crippen LogP contribution in [0.25, 0.3) is 0 Å². The monoisotopic (exact) mass is 366 g/mol. The second-order valence-corrected chi connectivity index (χ2v) is 8.30. The summed E-state index contributed by atoms with van der Waals surface area (Å²) in [7, 11) is 1.93. The van der Waals surface area contributed by atoms with Gasteiger partial charge in [-0.1, -0.05) is 39.0 Å².